The molecule has 0 radical (unpaired) electrons. The average molecular weight is 394 g/mol. The summed E-state index contributed by atoms with van der Waals surface area (Å²) in [6.07, 6.45) is 0.877. The number of amides is 1. The minimum atomic E-state index is -0.0757. The summed E-state index contributed by atoms with van der Waals surface area (Å²) >= 11 is 1.47. The van der Waals surface area contributed by atoms with Crippen molar-refractivity contribution in [1.82, 2.24) is 4.98 Å². The smallest absolute Gasteiger partial charge is 0.234 e. The Bertz CT molecular complexity index is 1070. The first-order valence-electron chi connectivity index (χ1n) is 9.26. The van der Waals surface area contributed by atoms with Crippen molar-refractivity contribution in [3.63, 3.8) is 0 Å². The molecule has 0 aliphatic carbocycles. The zero-order chi connectivity index (χ0) is 19.7. The third-order valence-electron chi connectivity index (χ3n) is 4.70. The van der Waals surface area contributed by atoms with Crippen LogP contribution in [-0.2, 0) is 11.2 Å². The summed E-state index contributed by atoms with van der Waals surface area (Å²) < 4.78 is 10.6. The Morgan fingerprint density at radius 3 is 2.79 bits per heavy atom. The molecule has 0 bridgehead atoms. The first-order valence-corrected chi connectivity index (χ1v) is 10.2. The fourth-order valence-corrected chi connectivity index (χ4v) is 4.23. The molecule has 28 heavy (non-hydrogen) atoms. The van der Waals surface area contributed by atoms with Crippen LogP contribution in [0.4, 0.5) is 5.69 Å². The summed E-state index contributed by atoms with van der Waals surface area (Å²) in [5.41, 5.74) is 5.27. The Kier molecular flexibility index (Phi) is 5.13. The zero-order valence-corrected chi connectivity index (χ0v) is 17.0. The maximum atomic E-state index is 12.4. The van der Waals surface area contributed by atoms with E-state index in [9.17, 15) is 4.79 Å². The van der Waals surface area contributed by atoms with Gasteiger partial charge in [0.05, 0.1) is 11.3 Å². The van der Waals surface area contributed by atoms with Crippen molar-refractivity contribution in [2.75, 3.05) is 17.9 Å². The molecule has 2 aromatic carbocycles. The number of hydrogen-bond acceptors (Lipinski definition) is 5. The number of aromatic nitrogens is 1. The van der Waals surface area contributed by atoms with Crippen molar-refractivity contribution in [3.8, 4) is 11.5 Å². The second-order valence-corrected chi connectivity index (χ2v) is 7.82. The maximum absolute atomic E-state index is 12.4. The lowest BCUT2D eigenvalue weighted by Gasteiger charge is -2.11. The fraction of sp³-hybridized carbons (Fsp3) is 0.273. The van der Waals surface area contributed by atoms with E-state index in [0.717, 1.165) is 17.0 Å². The van der Waals surface area contributed by atoms with Gasteiger partial charge in [0.15, 0.2) is 11.5 Å². The summed E-state index contributed by atoms with van der Waals surface area (Å²) in [4.78, 5) is 17.3. The third-order valence-corrected chi connectivity index (χ3v) is 5.74. The number of ether oxygens (including phenoxy) is 2. The predicted octanol–water partition coefficient (Wildman–Crippen LogP) is 4.87. The van der Waals surface area contributed by atoms with E-state index in [2.05, 4.69) is 44.3 Å². The van der Waals surface area contributed by atoms with E-state index in [4.69, 9.17) is 14.5 Å². The summed E-state index contributed by atoms with van der Waals surface area (Å²) in [6.45, 7) is 6.52. The molecule has 0 atom stereocenters. The van der Waals surface area contributed by atoms with Crippen molar-refractivity contribution < 1.29 is 14.3 Å². The number of rotatable bonds is 5. The molecule has 6 heteroatoms. The molecule has 4 rings (SSSR count). The lowest BCUT2D eigenvalue weighted by Crippen LogP contribution is -2.14. The maximum Gasteiger partial charge on any atom is 0.234 e. The van der Waals surface area contributed by atoms with Gasteiger partial charge in [0.25, 0.3) is 0 Å². The Hall–Kier alpha value is -2.73. The molecule has 0 saturated heterocycles. The van der Waals surface area contributed by atoms with Crippen molar-refractivity contribution in [1.29, 1.82) is 0 Å². The van der Waals surface area contributed by atoms with Gasteiger partial charge in [-0.05, 0) is 61.2 Å². The van der Waals surface area contributed by atoms with Crippen LogP contribution in [0.1, 0.15) is 23.6 Å². The number of carbonyl (C=O) groups is 1. The van der Waals surface area contributed by atoms with Gasteiger partial charge in [0.1, 0.15) is 5.03 Å². The molecule has 1 aromatic heterocycles. The van der Waals surface area contributed by atoms with Crippen molar-refractivity contribution in [3.05, 3.63) is 53.1 Å². The molecule has 3 aromatic rings. The van der Waals surface area contributed by atoms with Crippen molar-refractivity contribution >= 4 is 34.3 Å². The summed E-state index contributed by atoms with van der Waals surface area (Å²) in [5.74, 6) is 1.57. The van der Waals surface area contributed by atoms with Gasteiger partial charge in [-0.15, -0.1) is 0 Å². The second-order valence-electron chi connectivity index (χ2n) is 6.86. The molecule has 144 valence electrons. The number of hydrogen-bond donors (Lipinski definition) is 1. The lowest BCUT2D eigenvalue weighted by atomic mass is 10.0. The Morgan fingerprint density at radius 2 is 1.96 bits per heavy atom. The normalized spacial score (nSPS) is 12.4. The molecule has 0 spiro atoms. The largest absolute Gasteiger partial charge is 0.454 e. The molecule has 0 saturated carbocycles. The average Bonchev–Trinajstić information content (AvgIpc) is 3.13. The number of thioether (sulfide) groups is 1. The lowest BCUT2D eigenvalue weighted by molar-refractivity contribution is -0.113. The van der Waals surface area contributed by atoms with Crippen molar-refractivity contribution in [2.45, 2.75) is 32.2 Å². The molecule has 2 heterocycles. The number of anilines is 1. The second kappa shape index (κ2) is 7.72. The molecule has 0 unspecified atom stereocenters. The molecule has 0 fully saturated rings. The number of fused-ring (bicyclic) bond motifs is 2. The van der Waals surface area contributed by atoms with Gasteiger partial charge in [-0.2, -0.15) is 0 Å². The van der Waals surface area contributed by atoms with E-state index in [1.165, 1.54) is 33.8 Å². The minimum Gasteiger partial charge on any atom is -0.454 e. The monoisotopic (exact) mass is 394 g/mol. The molecular weight excluding hydrogens is 372 g/mol. The van der Waals surface area contributed by atoms with Crippen LogP contribution in [0.2, 0.25) is 0 Å². The number of pyridine rings is 1. The topological polar surface area (TPSA) is 60.5 Å². The molecule has 1 N–H and O–H groups in total. The summed E-state index contributed by atoms with van der Waals surface area (Å²) in [7, 11) is 0. The number of carbonyl (C=O) groups excluding carboxylic acids is 1. The Morgan fingerprint density at radius 1 is 1.14 bits per heavy atom. The van der Waals surface area contributed by atoms with Crippen LogP contribution in [0.3, 0.4) is 0 Å². The minimum absolute atomic E-state index is 0.0757. The van der Waals surface area contributed by atoms with E-state index in [0.29, 0.717) is 22.9 Å². The highest BCUT2D eigenvalue weighted by atomic mass is 32.2. The number of nitrogens with zero attached hydrogens (tertiary/aromatic N) is 1. The quantitative estimate of drug-likeness (QED) is 0.626. The summed E-state index contributed by atoms with van der Waals surface area (Å²) in [6, 6.07) is 11.9. The van der Waals surface area contributed by atoms with Crippen LogP contribution in [0, 0.1) is 13.8 Å². The van der Waals surface area contributed by atoms with Crippen LogP contribution in [0.5, 0.6) is 11.5 Å². The van der Waals surface area contributed by atoms with E-state index in [1.807, 2.05) is 6.07 Å². The summed E-state index contributed by atoms with van der Waals surface area (Å²) in [5, 5.41) is 5.01. The van der Waals surface area contributed by atoms with Gasteiger partial charge in [-0.1, -0.05) is 24.8 Å². The van der Waals surface area contributed by atoms with Gasteiger partial charge in [0.2, 0.25) is 12.7 Å². The van der Waals surface area contributed by atoms with Gasteiger partial charge < -0.3 is 14.8 Å². The first kappa shape index (κ1) is 18.6. The van der Waals surface area contributed by atoms with Crippen LogP contribution in [0.25, 0.3) is 10.9 Å². The van der Waals surface area contributed by atoms with Crippen LogP contribution in [-0.4, -0.2) is 23.4 Å². The number of aryl methyl sites for hydroxylation is 3. The van der Waals surface area contributed by atoms with E-state index < -0.39 is 0 Å². The predicted molar refractivity (Wildman–Crippen MR) is 113 cm³/mol. The van der Waals surface area contributed by atoms with Crippen LogP contribution >= 0.6 is 11.8 Å². The molecule has 1 aliphatic rings. The highest BCUT2D eigenvalue weighted by Crippen LogP contribution is 2.34. The van der Waals surface area contributed by atoms with Gasteiger partial charge in [-0.3, -0.25) is 4.79 Å². The van der Waals surface area contributed by atoms with Gasteiger partial charge in [-0.25, -0.2) is 4.98 Å². The highest BCUT2D eigenvalue weighted by molar-refractivity contribution is 8.00. The molecule has 1 aliphatic heterocycles. The number of benzene rings is 2. The first-order chi connectivity index (χ1) is 13.5. The van der Waals surface area contributed by atoms with E-state index in [1.54, 1.807) is 12.1 Å². The number of nitrogens with one attached hydrogen (secondary N) is 1. The SMILES string of the molecule is CCc1cc2c(C)cc(C)cc2nc1SCC(=O)Nc1ccc2c(c1)OCO2. The van der Waals surface area contributed by atoms with Crippen molar-refractivity contribution in [2.24, 2.45) is 0 Å². The fourth-order valence-electron chi connectivity index (χ4n) is 3.34. The van der Waals surface area contributed by atoms with Crippen LogP contribution < -0.4 is 14.8 Å². The van der Waals surface area contributed by atoms with E-state index in [-0.39, 0.29) is 12.7 Å². The molecular formula is C22H22N2O3S. The Labute approximate surface area is 168 Å². The Balaban J connectivity index is 1.49. The van der Waals surface area contributed by atoms with Gasteiger partial charge in [0, 0.05) is 17.1 Å². The standard InChI is InChI=1S/C22H22N2O3S/c1-4-15-9-17-14(3)7-13(2)8-18(17)24-22(15)28-11-21(25)23-16-5-6-19-20(10-16)27-12-26-19/h5-10H,4,11-12H2,1-3H3,(H,23,25). The van der Waals surface area contributed by atoms with E-state index >= 15 is 0 Å². The van der Waals surface area contributed by atoms with Gasteiger partial charge >= 0.3 is 0 Å². The third kappa shape index (κ3) is 3.78. The zero-order valence-electron chi connectivity index (χ0n) is 16.2. The molecule has 1 amide bonds. The molecule has 5 nitrogen and oxygen atoms in total. The van der Waals surface area contributed by atoms with Crippen LogP contribution in [0.15, 0.2) is 41.4 Å². The highest BCUT2D eigenvalue weighted by Gasteiger charge is 2.15.